The van der Waals surface area contributed by atoms with E-state index in [-0.39, 0.29) is 44.0 Å². The van der Waals surface area contributed by atoms with Crippen LogP contribution in [-0.2, 0) is 0 Å². The molecule has 5 rings (SSSR count). The Kier molecular flexibility index (Phi) is 5.89. The van der Waals surface area contributed by atoms with Crippen LogP contribution in [0.1, 0.15) is 38.9 Å². The third kappa shape index (κ3) is 4.51. The number of rotatable bonds is 2. The number of hydrogen-bond donors (Lipinski definition) is 0. The second kappa shape index (κ2) is 11.3. The Bertz CT molecular complexity index is 2550. The highest BCUT2D eigenvalue weighted by Crippen LogP contribution is 2.29. The lowest BCUT2D eigenvalue weighted by atomic mass is 9.98. The monoisotopic (exact) mass is 562 g/mol. The van der Waals surface area contributed by atoms with E-state index in [9.17, 15) is 31.6 Å². The van der Waals surface area contributed by atoms with E-state index in [0.717, 1.165) is 0 Å². The fourth-order valence-electron chi connectivity index (χ4n) is 4.37. The number of nitrogens with zero attached hydrogens (tertiary/aromatic N) is 10. The van der Waals surface area contributed by atoms with Crippen molar-refractivity contribution in [1.82, 2.24) is 9.97 Å². The van der Waals surface area contributed by atoms with Gasteiger partial charge in [-0.1, -0.05) is 24.3 Å². The van der Waals surface area contributed by atoms with Gasteiger partial charge < -0.3 is 0 Å². The molecule has 0 N–H and O–H groups in total. The summed E-state index contributed by atoms with van der Waals surface area (Å²) >= 11 is 0. The fourth-order valence-corrected chi connectivity index (χ4v) is 4.37. The zero-order valence-corrected chi connectivity index (χ0v) is 21.9. The molecule has 2 heterocycles. The van der Waals surface area contributed by atoms with Gasteiger partial charge in [-0.05, 0) is 47.4 Å². The van der Waals surface area contributed by atoms with Crippen LogP contribution in [0.2, 0.25) is 0 Å². The Morgan fingerprint density at radius 3 is 1.30 bits per heavy atom. The molecule has 0 aliphatic rings. The lowest BCUT2D eigenvalue weighted by molar-refractivity contribution is 1.27. The van der Waals surface area contributed by atoms with Crippen LogP contribution in [0.5, 0.6) is 0 Å². The van der Waals surface area contributed by atoms with Gasteiger partial charge in [0, 0.05) is 13.5 Å². The molecule has 0 radical (unpaired) electrons. The molecule has 0 fully saturated rings. The molecule has 5 aromatic rings. The largest absolute Gasteiger partial charge is 0.245 e. The van der Waals surface area contributed by atoms with E-state index >= 15 is 0 Å². The number of benzene rings is 3. The Balaban J connectivity index is 1.94. The van der Waals surface area contributed by atoms with Crippen LogP contribution in [0.3, 0.4) is 0 Å². The molecule has 10 heteroatoms. The van der Waals surface area contributed by atoms with Crippen LogP contribution >= 0.6 is 0 Å². The molecule has 10 nitrogen and oxygen atoms in total. The summed E-state index contributed by atoms with van der Waals surface area (Å²) < 4.78 is 34.2. The summed E-state index contributed by atoms with van der Waals surface area (Å²) in [5.41, 5.74) is -3.77. The van der Waals surface area contributed by atoms with Crippen molar-refractivity contribution in [3.05, 3.63) is 127 Å². The van der Waals surface area contributed by atoms with Gasteiger partial charge >= 0.3 is 0 Å². The first-order valence-corrected chi connectivity index (χ1v) is 12.1. The number of pyridine rings is 2. The normalized spacial score (nSPS) is 12.5. The molecule has 196 valence electrons. The number of nitriles is 6. The van der Waals surface area contributed by atoms with E-state index in [1.54, 1.807) is 48.5 Å². The lowest BCUT2D eigenvalue weighted by Crippen LogP contribution is -2.14. The van der Waals surface area contributed by atoms with Crippen molar-refractivity contribution in [2.45, 2.75) is 0 Å². The SMILES string of the molecule is [2H]c1c(C#N)c(C#N)c([N+]#[C-])c([2H])c1/C(C#N)=c1\ccc2ccc3cc/c(=C(/C#N)c4c([2H])c(C#N)c(C#N)c([N+]#[C-])c4[2H])nc3c2n1. The van der Waals surface area contributed by atoms with E-state index < -0.39 is 57.8 Å². The Morgan fingerprint density at radius 2 is 0.977 bits per heavy atom. The zero-order valence-electron chi connectivity index (χ0n) is 25.9. The van der Waals surface area contributed by atoms with E-state index in [2.05, 4.69) is 19.7 Å². The first-order valence-electron chi connectivity index (χ1n) is 14.1. The summed E-state index contributed by atoms with van der Waals surface area (Å²) in [6, 6.07) is 17.7. The number of aromatic nitrogens is 2. The lowest BCUT2D eigenvalue weighted by Gasteiger charge is -2.07. The minimum atomic E-state index is -0.592. The molecule has 0 aliphatic heterocycles. The molecule has 3 aromatic carbocycles. The summed E-state index contributed by atoms with van der Waals surface area (Å²) in [4.78, 5) is 15.6. The minimum absolute atomic E-state index is 0.0462. The highest BCUT2D eigenvalue weighted by Gasteiger charge is 2.16. The highest BCUT2D eigenvalue weighted by molar-refractivity contribution is 6.03. The predicted molar refractivity (Wildman–Crippen MR) is 157 cm³/mol. The van der Waals surface area contributed by atoms with Crippen molar-refractivity contribution in [3.8, 4) is 36.4 Å². The van der Waals surface area contributed by atoms with E-state index in [4.69, 9.17) is 18.6 Å². The van der Waals surface area contributed by atoms with Gasteiger partial charge in [0.1, 0.15) is 12.1 Å². The zero-order chi connectivity index (χ0) is 34.9. The van der Waals surface area contributed by atoms with Crippen LogP contribution in [0.25, 0.3) is 42.6 Å². The van der Waals surface area contributed by atoms with Gasteiger partial charge in [0.15, 0.2) is 0 Å². The van der Waals surface area contributed by atoms with Gasteiger partial charge in [-0.25, -0.2) is 19.7 Å². The van der Waals surface area contributed by atoms with Crippen molar-refractivity contribution < 1.29 is 5.48 Å². The third-order valence-corrected chi connectivity index (χ3v) is 6.39. The first-order chi connectivity index (χ1) is 23.1. The highest BCUT2D eigenvalue weighted by atomic mass is 14.8. The molecule has 2 aromatic heterocycles. The van der Waals surface area contributed by atoms with Crippen LogP contribution in [0.4, 0.5) is 11.4 Å². The molecule has 0 spiro atoms. The molecular formula is C34H10N10. The third-order valence-electron chi connectivity index (χ3n) is 6.39. The van der Waals surface area contributed by atoms with Crippen molar-refractivity contribution in [2.24, 2.45) is 0 Å². The van der Waals surface area contributed by atoms with Gasteiger partial charge in [-0.2, -0.15) is 31.6 Å². The van der Waals surface area contributed by atoms with Crippen molar-refractivity contribution in [2.75, 3.05) is 0 Å². The Hall–Kier alpha value is -7.86. The summed E-state index contributed by atoms with van der Waals surface area (Å²) in [5, 5.41) is 59.7. The molecule has 0 unspecified atom stereocenters. The van der Waals surface area contributed by atoms with Gasteiger partial charge in [0.25, 0.3) is 0 Å². The van der Waals surface area contributed by atoms with Gasteiger partial charge in [-0.15, -0.1) is 0 Å². The van der Waals surface area contributed by atoms with E-state index in [0.29, 0.717) is 10.8 Å². The summed E-state index contributed by atoms with van der Waals surface area (Å²) in [7, 11) is 0. The maximum absolute atomic E-state index is 10.2. The average molecular weight is 563 g/mol. The maximum Gasteiger partial charge on any atom is 0.206 e. The first kappa shape index (κ1) is 22.9. The predicted octanol–water partition coefficient (Wildman–Crippen LogP) is 4.82. The summed E-state index contributed by atoms with van der Waals surface area (Å²) in [6.45, 7) is 14.9. The van der Waals surface area contributed by atoms with Gasteiger partial charge in [0.2, 0.25) is 11.4 Å². The molecule has 0 saturated heterocycles. The Morgan fingerprint density at radius 1 is 0.591 bits per heavy atom. The average Bonchev–Trinajstić information content (AvgIpc) is 3.10. The number of hydrogen-bond acceptors (Lipinski definition) is 8. The fraction of sp³-hybridized carbons (Fsp3) is 0. The topological polar surface area (TPSA) is 177 Å². The van der Waals surface area contributed by atoms with Crippen LogP contribution < -0.4 is 10.7 Å². The quantitative estimate of drug-likeness (QED) is 0.217. The van der Waals surface area contributed by atoms with Crippen molar-refractivity contribution >= 4 is 44.3 Å². The van der Waals surface area contributed by atoms with Crippen LogP contribution in [0, 0.1) is 81.1 Å². The number of fused-ring (bicyclic) bond motifs is 3. The second-order valence-electron chi connectivity index (χ2n) is 8.69. The standard InChI is InChI=1S/C34H10N10/c1-41-31-11-21(9-23(13-35)27(31)17-39)25(15-37)29-7-5-19-3-4-20-6-8-30(44-34(20)33(19)43-29)26(16-38)22-10-24(14-36)28(18-40)32(12-22)42-2/h3-12H/b29-25+,30-26+/i9D,10D,11D,12D. The van der Waals surface area contributed by atoms with E-state index in [1.807, 2.05) is 12.1 Å². The van der Waals surface area contributed by atoms with Gasteiger partial charge in [0.05, 0.1) is 95.3 Å². The van der Waals surface area contributed by atoms with Crippen LogP contribution in [-0.4, -0.2) is 9.97 Å². The van der Waals surface area contributed by atoms with Gasteiger partial charge in [-0.3, -0.25) is 0 Å². The molecule has 0 saturated carbocycles. The minimum Gasteiger partial charge on any atom is -0.245 e. The van der Waals surface area contributed by atoms with Crippen molar-refractivity contribution in [1.29, 1.82) is 31.6 Å². The molecule has 0 amide bonds. The maximum atomic E-state index is 10.2. The van der Waals surface area contributed by atoms with Crippen LogP contribution in [0.15, 0.2) is 60.6 Å². The molecule has 0 bridgehead atoms. The molecular weight excluding hydrogens is 548 g/mol. The summed E-state index contributed by atoms with van der Waals surface area (Å²) in [6.07, 6.45) is 0. The smallest absolute Gasteiger partial charge is 0.206 e. The van der Waals surface area contributed by atoms with Crippen molar-refractivity contribution in [3.63, 3.8) is 0 Å². The second-order valence-corrected chi connectivity index (χ2v) is 8.69. The molecule has 0 aliphatic carbocycles. The summed E-state index contributed by atoms with van der Waals surface area (Å²) in [5.74, 6) is 0. The Labute approximate surface area is 255 Å². The molecule has 44 heavy (non-hydrogen) atoms. The molecule has 0 atom stereocenters. The van der Waals surface area contributed by atoms with E-state index in [1.165, 1.54) is 12.1 Å².